The first-order chi connectivity index (χ1) is 19.0. The first-order valence-corrected chi connectivity index (χ1v) is 19.4. The molecule has 1 N–H and O–H groups in total. The lowest BCUT2D eigenvalue weighted by molar-refractivity contribution is -0.126. The van der Waals surface area contributed by atoms with Gasteiger partial charge in [-0.15, -0.1) is 0 Å². The molecule has 3 aliphatic carbocycles. The summed E-state index contributed by atoms with van der Waals surface area (Å²) in [4.78, 5) is 16.4. The van der Waals surface area contributed by atoms with Crippen LogP contribution < -0.4 is 0 Å². The summed E-state index contributed by atoms with van der Waals surface area (Å²) in [6.07, 6.45) is 10.7. The molecular weight excluding hydrogens is 526 g/mol. The second kappa shape index (κ2) is 13.1. The van der Waals surface area contributed by atoms with E-state index in [1.807, 2.05) is 0 Å². The van der Waals surface area contributed by atoms with Crippen molar-refractivity contribution in [2.45, 2.75) is 131 Å². The molecule has 3 saturated carbocycles. The summed E-state index contributed by atoms with van der Waals surface area (Å²) in [5.41, 5.74) is 10.0. The topological polar surface area (TPSA) is 95.3 Å². The number of carbonyl (C=O) groups is 1. The lowest BCUT2D eigenvalue weighted by atomic mass is 9.48. The van der Waals surface area contributed by atoms with Gasteiger partial charge in [-0.3, -0.25) is 4.79 Å². The van der Waals surface area contributed by atoms with E-state index in [-0.39, 0.29) is 33.5 Å². The fraction of sp³-hybridized carbons (Fsp3) is 0.912. The molecule has 0 aromatic carbocycles. The number of carbonyl (C=O) groups excluding carboxylic acids is 1. The van der Waals surface area contributed by atoms with E-state index in [1.165, 1.54) is 38.5 Å². The maximum Gasteiger partial charge on any atom is 0.191 e. The van der Waals surface area contributed by atoms with E-state index in [0.717, 1.165) is 18.6 Å². The van der Waals surface area contributed by atoms with E-state index in [2.05, 4.69) is 78.5 Å². The number of aliphatic hydroxyl groups excluding tert-OH is 1. The van der Waals surface area contributed by atoms with Gasteiger partial charge in [0.05, 0.1) is 6.26 Å². The third-order valence-corrected chi connectivity index (χ3v) is 17.2. The van der Waals surface area contributed by atoms with Gasteiger partial charge in [0.2, 0.25) is 0 Å². The highest BCUT2D eigenvalue weighted by atomic mass is 28.4. The predicted molar refractivity (Wildman–Crippen MR) is 172 cm³/mol. The van der Waals surface area contributed by atoms with Gasteiger partial charge in [0, 0.05) is 30.1 Å². The number of Topliss-reactive ketones (excluding diaryl/α,β-unsaturated/α-hetero) is 1. The Morgan fingerprint density at radius 3 is 2.37 bits per heavy atom. The zero-order valence-electron chi connectivity index (χ0n) is 28.0. The van der Waals surface area contributed by atoms with Crippen LogP contribution in [0.25, 0.3) is 10.4 Å². The summed E-state index contributed by atoms with van der Waals surface area (Å²) < 4.78 is 6.79. The second-order valence-corrected chi connectivity index (χ2v) is 21.4. The molecule has 7 heteroatoms. The molecule has 0 aliphatic heterocycles. The normalized spacial score (nSPS) is 36.3. The molecule has 0 aromatic rings. The molecule has 0 bridgehead atoms. The van der Waals surface area contributed by atoms with E-state index in [0.29, 0.717) is 55.2 Å². The van der Waals surface area contributed by atoms with Crippen molar-refractivity contribution in [2.24, 2.45) is 57.4 Å². The van der Waals surface area contributed by atoms with Crippen molar-refractivity contribution >= 4 is 14.1 Å². The van der Waals surface area contributed by atoms with Gasteiger partial charge in [0.25, 0.3) is 0 Å². The number of fused-ring (bicyclic) bond motifs is 1. The van der Waals surface area contributed by atoms with Crippen molar-refractivity contribution in [3.63, 3.8) is 0 Å². The summed E-state index contributed by atoms with van der Waals surface area (Å²) in [5.74, 6) is 3.43. The summed E-state index contributed by atoms with van der Waals surface area (Å²) >= 11 is 0. The van der Waals surface area contributed by atoms with E-state index < -0.39 is 8.32 Å². The maximum atomic E-state index is 13.1. The van der Waals surface area contributed by atoms with Crippen molar-refractivity contribution in [1.82, 2.24) is 0 Å². The van der Waals surface area contributed by atoms with Gasteiger partial charge < -0.3 is 9.53 Å². The Labute approximate surface area is 252 Å². The number of ketones is 1. The molecule has 3 aliphatic rings. The number of nitrogens with zero attached hydrogens (tertiary/aromatic N) is 3. The lowest BCUT2D eigenvalue weighted by Gasteiger charge is -2.57. The molecule has 8 atom stereocenters. The van der Waals surface area contributed by atoms with Crippen molar-refractivity contribution in [2.75, 3.05) is 13.2 Å². The van der Waals surface area contributed by atoms with Gasteiger partial charge in [-0.05, 0) is 108 Å². The third kappa shape index (κ3) is 7.10. The Balaban J connectivity index is 1.93. The fourth-order valence-electron chi connectivity index (χ4n) is 9.08. The highest BCUT2D eigenvalue weighted by Gasteiger charge is 2.59. The van der Waals surface area contributed by atoms with Crippen molar-refractivity contribution in [1.29, 1.82) is 0 Å². The minimum atomic E-state index is -2.00. The number of rotatable bonds is 11. The first-order valence-electron chi connectivity index (χ1n) is 16.5. The molecule has 0 spiro atoms. The molecule has 6 nitrogen and oxygen atoms in total. The number of hydrogen-bond donors (Lipinski definition) is 1. The third-order valence-electron chi connectivity index (χ3n) is 12.7. The monoisotopic (exact) mass is 587 g/mol. The molecular formula is C34H61N3O3Si. The van der Waals surface area contributed by atoms with Crippen LogP contribution in [0.4, 0.5) is 0 Å². The second-order valence-electron chi connectivity index (χ2n) is 16.6. The van der Waals surface area contributed by atoms with Crippen LogP contribution in [-0.2, 0) is 9.22 Å². The van der Waals surface area contributed by atoms with Crippen molar-refractivity contribution in [3.8, 4) is 0 Å². The van der Waals surface area contributed by atoms with Crippen LogP contribution in [-0.4, -0.2) is 32.4 Å². The van der Waals surface area contributed by atoms with Crippen LogP contribution in [0.2, 0.25) is 18.1 Å². The average molecular weight is 588 g/mol. The first kappa shape index (κ1) is 34.2. The molecule has 234 valence electrons. The van der Waals surface area contributed by atoms with Gasteiger partial charge >= 0.3 is 0 Å². The van der Waals surface area contributed by atoms with E-state index in [4.69, 9.17) is 4.43 Å². The molecule has 41 heavy (non-hydrogen) atoms. The van der Waals surface area contributed by atoms with Crippen molar-refractivity contribution < 1.29 is 14.3 Å². The van der Waals surface area contributed by atoms with Gasteiger partial charge in [0.1, 0.15) is 0 Å². The van der Waals surface area contributed by atoms with Gasteiger partial charge in [-0.2, -0.15) is 0 Å². The number of hydrogen-bond acceptors (Lipinski definition) is 4. The zero-order chi connectivity index (χ0) is 30.8. The van der Waals surface area contributed by atoms with E-state index in [1.54, 1.807) is 0 Å². The zero-order valence-corrected chi connectivity index (χ0v) is 29.0. The minimum absolute atomic E-state index is 0.0530. The van der Waals surface area contributed by atoms with Crippen molar-refractivity contribution in [3.05, 3.63) is 22.3 Å². The molecule has 0 radical (unpaired) electrons. The highest BCUT2D eigenvalue weighted by Crippen LogP contribution is 2.65. The van der Waals surface area contributed by atoms with E-state index in [9.17, 15) is 15.4 Å². The Hall–Kier alpha value is -1.30. The van der Waals surface area contributed by atoms with Crippen LogP contribution in [0.1, 0.15) is 113 Å². The number of allylic oxidation sites excluding steroid dienone is 1. The number of azide groups is 1. The quantitative estimate of drug-likeness (QED) is 0.0650. The summed E-state index contributed by atoms with van der Waals surface area (Å²) in [6.45, 7) is 24.5. The Morgan fingerprint density at radius 1 is 1.12 bits per heavy atom. The van der Waals surface area contributed by atoms with Crippen LogP contribution in [0.5, 0.6) is 0 Å². The molecule has 0 saturated heterocycles. The largest absolute Gasteiger partial charge is 0.515 e. The highest BCUT2D eigenvalue weighted by molar-refractivity contribution is 6.74. The Morgan fingerprint density at radius 2 is 1.78 bits per heavy atom. The molecule has 0 aromatic heterocycles. The SMILES string of the molecule is CC(C)CCC[C@@H](C)[C@H]1CC[C@H]2[C@H](CN=[N+]=[N-])[C@@H]([C@@]3(C)CC(=CO)C(=O)C[C@@H]3CO[Si](C)(C)C(C)(C)C)CC[C@]12C. The van der Waals surface area contributed by atoms with Gasteiger partial charge in [-0.25, -0.2) is 0 Å². The van der Waals surface area contributed by atoms with Crippen LogP contribution in [0, 0.1) is 52.3 Å². The van der Waals surface area contributed by atoms with Gasteiger partial charge in [0.15, 0.2) is 14.1 Å². The molecule has 0 heterocycles. The molecule has 3 rings (SSSR count). The average Bonchev–Trinajstić information content (AvgIpc) is 3.23. The Kier molecular flexibility index (Phi) is 11.0. The summed E-state index contributed by atoms with van der Waals surface area (Å²) in [5, 5.41) is 14.4. The molecule has 3 fully saturated rings. The summed E-state index contributed by atoms with van der Waals surface area (Å²) in [6, 6.07) is 0. The standard InChI is InChI=1S/C34H61N3O3Si/c1-23(2)12-11-13-24(3)28-14-15-29-27(20-36-37-35)30(16-17-33(28,29)7)34(8)19-25(21-38)31(39)18-26(34)22-40-41(9,10)32(4,5)6/h21,23-24,26-30,38H,11-20,22H2,1-10H3/t24-,26-,27+,28-,29+,30+,33-,34+/m1/s1. The molecule has 0 amide bonds. The van der Waals surface area contributed by atoms with Crippen LogP contribution in [0.15, 0.2) is 16.9 Å². The fourth-order valence-corrected chi connectivity index (χ4v) is 10.1. The predicted octanol–water partition coefficient (Wildman–Crippen LogP) is 10.3. The summed E-state index contributed by atoms with van der Waals surface area (Å²) in [7, 11) is -2.00. The van der Waals surface area contributed by atoms with Crippen LogP contribution in [0.3, 0.4) is 0 Å². The minimum Gasteiger partial charge on any atom is -0.515 e. The Bertz CT molecular complexity index is 998. The van der Waals surface area contributed by atoms with Crippen LogP contribution >= 0.6 is 0 Å². The smallest absolute Gasteiger partial charge is 0.191 e. The van der Waals surface area contributed by atoms with E-state index >= 15 is 0 Å². The maximum absolute atomic E-state index is 13.1. The van der Waals surface area contributed by atoms with Gasteiger partial charge in [-0.1, -0.05) is 79.8 Å². The number of aliphatic hydroxyl groups is 1. The molecule has 0 unspecified atom stereocenters. The lowest BCUT2D eigenvalue weighted by Crippen LogP contribution is -2.53.